The molecule has 0 unspecified atom stereocenters. The zero-order chi connectivity index (χ0) is 14.0. The van der Waals surface area contributed by atoms with Gasteiger partial charge in [0.05, 0.1) is 5.54 Å². The fraction of sp³-hybridized carbons (Fsp3) is 0.588. The molecule has 1 saturated carbocycles. The summed E-state index contributed by atoms with van der Waals surface area (Å²) in [6.45, 7) is 0. The van der Waals surface area contributed by atoms with Gasteiger partial charge in [0.2, 0.25) is 0 Å². The number of benzene rings is 1. The van der Waals surface area contributed by atoms with E-state index < -0.39 is 0 Å². The van der Waals surface area contributed by atoms with Crippen LogP contribution in [0.4, 0.5) is 0 Å². The van der Waals surface area contributed by atoms with Crippen molar-refractivity contribution in [1.82, 2.24) is 5.32 Å². The SMILES string of the molecule is O=C(NC1(CCl)CCCCC1)c1ccc2c(c1)CCC2. The van der Waals surface area contributed by atoms with Gasteiger partial charge in [-0.3, -0.25) is 4.79 Å². The second kappa shape index (κ2) is 5.77. The standard InChI is InChI=1S/C17H22ClNO/c18-12-17(9-2-1-3-10-17)19-16(20)15-8-7-13-5-4-6-14(13)11-15/h7-8,11H,1-6,9-10,12H2,(H,19,20). The van der Waals surface area contributed by atoms with Crippen LogP contribution < -0.4 is 5.32 Å². The van der Waals surface area contributed by atoms with Gasteiger partial charge in [0.25, 0.3) is 5.91 Å². The summed E-state index contributed by atoms with van der Waals surface area (Å²) < 4.78 is 0. The summed E-state index contributed by atoms with van der Waals surface area (Å²) >= 11 is 6.15. The highest BCUT2D eigenvalue weighted by atomic mass is 35.5. The molecule has 0 bridgehead atoms. The molecule has 108 valence electrons. The van der Waals surface area contributed by atoms with Crippen LogP contribution in [0.25, 0.3) is 0 Å². The lowest BCUT2D eigenvalue weighted by atomic mass is 9.83. The number of nitrogens with one attached hydrogen (secondary N) is 1. The third kappa shape index (κ3) is 2.71. The van der Waals surface area contributed by atoms with E-state index in [0.29, 0.717) is 5.88 Å². The number of fused-ring (bicyclic) bond motifs is 1. The number of halogens is 1. The van der Waals surface area contributed by atoms with Gasteiger partial charge in [0.1, 0.15) is 0 Å². The molecule has 1 aromatic carbocycles. The van der Waals surface area contributed by atoms with E-state index >= 15 is 0 Å². The van der Waals surface area contributed by atoms with E-state index in [-0.39, 0.29) is 11.4 Å². The minimum absolute atomic E-state index is 0.0438. The molecule has 0 atom stereocenters. The predicted molar refractivity (Wildman–Crippen MR) is 82.5 cm³/mol. The van der Waals surface area contributed by atoms with Crippen LogP contribution in [0.15, 0.2) is 18.2 Å². The zero-order valence-electron chi connectivity index (χ0n) is 11.9. The molecular weight excluding hydrogens is 270 g/mol. The monoisotopic (exact) mass is 291 g/mol. The van der Waals surface area contributed by atoms with Crippen LogP contribution in [0.5, 0.6) is 0 Å². The lowest BCUT2D eigenvalue weighted by Gasteiger charge is -2.36. The normalized spacial score (nSPS) is 20.4. The maximum absolute atomic E-state index is 12.5. The second-order valence-corrected chi connectivity index (χ2v) is 6.53. The van der Waals surface area contributed by atoms with Gasteiger partial charge in [-0.25, -0.2) is 0 Å². The Kier molecular flexibility index (Phi) is 4.02. The Hall–Kier alpha value is -1.02. The smallest absolute Gasteiger partial charge is 0.251 e. The maximum atomic E-state index is 12.5. The van der Waals surface area contributed by atoms with Gasteiger partial charge in [0.15, 0.2) is 0 Å². The first-order valence-corrected chi connectivity index (χ1v) is 8.26. The molecule has 3 heteroatoms. The van der Waals surface area contributed by atoms with E-state index in [2.05, 4.69) is 17.4 Å². The van der Waals surface area contributed by atoms with Gasteiger partial charge in [0, 0.05) is 11.4 Å². The van der Waals surface area contributed by atoms with E-state index in [4.69, 9.17) is 11.6 Å². The molecule has 0 heterocycles. The minimum Gasteiger partial charge on any atom is -0.345 e. The summed E-state index contributed by atoms with van der Waals surface area (Å²) in [5.74, 6) is 0.561. The van der Waals surface area contributed by atoms with E-state index in [1.54, 1.807) is 0 Å². The summed E-state index contributed by atoms with van der Waals surface area (Å²) in [6.07, 6.45) is 9.08. The molecule has 2 aliphatic rings. The van der Waals surface area contributed by atoms with Crippen molar-refractivity contribution in [2.75, 3.05) is 5.88 Å². The Morgan fingerprint density at radius 2 is 1.85 bits per heavy atom. The van der Waals surface area contributed by atoms with Crippen LogP contribution in [-0.2, 0) is 12.8 Å². The molecule has 1 amide bonds. The molecule has 0 spiro atoms. The van der Waals surface area contributed by atoms with E-state index in [1.165, 1.54) is 24.0 Å². The number of carbonyl (C=O) groups excluding carboxylic acids is 1. The molecule has 2 aliphatic carbocycles. The first kappa shape index (κ1) is 13.9. The average Bonchev–Trinajstić information content (AvgIpc) is 2.95. The number of rotatable bonds is 3. The Morgan fingerprint density at radius 3 is 2.60 bits per heavy atom. The molecule has 0 saturated heterocycles. The molecule has 0 radical (unpaired) electrons. The van der Waals surface area contributed by atoms with E-state index in [1.807, 2.05) is 6.07 Å². The molecule has 0 aromatic heterocycles. The lowest BCUT2D eigenvalue weighted by Crippen LogP contribution is -2.51. The summed E-state index contributed by atoms with van der Waals surface area (Å²) in [5, 5.41) is 3.22. The van der Waals surface area contributed by atoms with Crippen LogP contribution in [0.3, 0.4) is 0 Å². The van der Waals surface area contributed by atoms with Crippen molar-refractivity contribution < 1.29 is 4.79 Å². The summed E-state index contributed by atoms with van der Waals surface area (Å²) in [4.78, 5) is 12.5. The van der Waals surface area contributed by atoms with Crippen LogP contribution in [0.1, 0.15) is 60.0 Å². The Bertz CT molecular complexity index is 506. The molecule has 3 rings (SSSR count). The molecule has 0 aliphatic heterocycles. The van der Waals surface area contributed by atoms with Crippen LogP contribution in [0.2, 0.25) is 0 Å². The Labute approximate surface area is 125 Å². The first-order chi connectivity index (χ1) is 9.72. The number of hydrogen-bond acceptors (Lipinski definition) is 1. The van der Waals surface area contributed by atoms with Crippen molar-refractivity contribution in [2.24, 2.45) is 0 Å². The van der Waals surface area contributed by atoms with Crippen molar-refractivity contribution in [3.05, 3.63) is 34.9 Å². The van der Waals surface area contributed by atoms with Crippen molar-refractivity contribution in [2.45, 2.75) is 56.9 Å². The van der Waals surface area contributed by atoms with E-state index in [0.717, 1.165) is 44.1 Å². The van der Waals surface area contributed by atoms with Gasteiger partial charge >= 0.3 is 0 Å². The van der Waals surface area contributed by atoms with Gasteiger partial charge in [-0.15, -0.1) is 11.6 Å². The number of amides is 1. The number of aryl methyl sites for hydroxylation is 2. The van der Waals surface area contributed by atoms with Gasteiger partial charge < -0.3 is 5.32 Å². The molecule has 1 fully saturated rings. The molecule has 2 nitrogen and oxygen atoms in total. The van der Waals surface area contributed by atoms with Crippen LogP contribution in [-0.4, -0.2) is 17.3 Å². The maximum Gasteiger partial charge on any atom is 0.251 e. The Morgan fingerprint density at radius 1 is 1.10 bits per heavy atom. The van der Waals surface area contributed by atoms with Gasteiger partial charge in [-0.05, 0) is 55.4 Å². The molecule has 1 aromatic rings. The third-order valence-electron chi connectivity index (χ3n) is 4.81. The Balaban J connectivity index is 1.75. The predicted octanol–water partition coefficient (Wildman–Crippen LogP) is 3.85. The van der Waals surface area contributed by atoms with E-state index in [9.17, 15) is 4.79 Å². The van der Waals surface area contributed by atoms with Crippen molar-refractivity contribution in [3.8, 4) is 0 Å². The first-order valence-electron chi connectivity index (χ1n) is 7.73. The second-order valence-electron chi connectivity index (χ2n) is 6.27. The fourth-order valence-electron chi connectivity index (χ4n) is 3.55. The van der Waals surface area contributed by atoms with Crippen LogP contribution in [0, 0.1) is 0 Å². The third-order valence-corrected chi connectivity index (χ3v) is 5.32. The summed E-state index contributed by atoms with van der Waals surface area (Å²) in [5.41, 5.74) is 3.36. The highest BCUT2D eigenvalue weighted by Crippen LogP contribution is 2.30. The zero-order valence-corrected chi connectivity index (χ0v) is 12.6. The lowest BCUT2D eigenvalue weighted by molar-refractivity contribution is 0.0884. The van der Waals surface area contributed by atoms with Crippen LogP contribution >= 0.6 is 11.6 Å². The average molecular weight is 292 g/mol. The molecular formula is C17H22ClNO. The van der Waals surface area contributed by atoms with Crippen molar-refractivity contribution in [1.29, 1.82) is 0 Å². The minimum atomic E-state index is -0.185. The number of hydrogen-bond donors (Lipinski definition) is 1. The largest absolute Gasteiger partial charge is 0.345 e. The molecule has 20 heavy (non-hydrogen) atoms. The highest BCUT2D eigenvalue weighted by Gasteiger charge is 2.33. The highest BCUT2D eigenvalue weighted by molar-refractivity contribution is 6.19. The number of alkyl halides is 1. The number of carbonyl (C=O) groups is 1. The fourth-order valence-corrected chi connectivity index (χ4v) is 3.88. The van der Waals surface area contributed by atoms with Gasteiger partial charge in [-0.2, -0.15) is 0 Å². The quantitative estimate of drug-likeness (QED) is 0.842. The topological polar surface area (TPSA) is 29.1 Å². The van der Waals surface area contributed by atoms with Crippen molar-refractivity contribution in [3.63, 3.8) is 0 Å². The summed E-state index contributed by atoms with van der Waals surface area (Å²) in [6, 6.07) is 6.15. The van der Waals surface area contributed by atoms with Gasteiger partial charge in [-0.1, -0.05) is 25.3 Å². The molecule has 1 N–H and O–H groups in total. The summed E-state index contributed by atoms with van der Waals surface area (Å²) in [7, 11) is 0. The van der Waals surface area contributed by atoms with Crippen molar-refractivity contribution >= 4 is 17.5 Å².